The highest BCUT2D eigenvalue weighted by molar-refractivity contribution is 5.76. The molecule has 0 amide bonds. The summed E-state index contributed by atoms with van der Waals surface area (Å²) in [6.07, 6.45) is 9.47. The zero-order chi connectivity index (χ0) is 25.8. The summed E-state index contributed by atoms with van der Waals surface area (Å²) in [5.74, 6) is 1.32. The lowest BCUT2D eigenvalue weighted by atomic mass is 9.33. The van der Waals surface area contributed by atoms with Crippen molar-refractivity contribution in [2.75, 3.05) is 0 Å². The Hall–Kier alpha value is -0.870. The van der Waals surface area contributed by atoms with Crippen molar-refractivity contribution in [3.63, 3.8) is 0 Å². The first-order valence-corrected chi connectivity index (χ1v) is 14.5. The summed E-state index contributed by atoms with van der Waals surface area (Å²) >= 11 is 0. The van der Waals surface area contributed by atoms with Gasteiger partial charge in [0.05, 0.1) is 17.6 Å². The van der Waals surface area contributed by atoms with Gasteiger partial charge in [-0.1, -0.05) is 60.1 Å². The molecule has 0 aromatic rings. The molecule has 0 aliphatic heterocycles. The number of aliphatic hydroxyl groups excluding tert-OH is 2. The number of hydrogen-bond donors (Lipinski definition) is 3. The van der Waals surface area contributed by atoms with E-state index in [2.05, 4.69) is 54.5 Å². The van der Waals surface area contributed by atoms with Crippen LogP contribution in [0.25, 0.3) is 0 Å². The van der Waals surface area contributed by atoms with Crippen LogP contribution in [0.15, 0.2) is 11.6 Å². The fourth-order valence-corrected chi connectivity index (χ4v) is 11.3. The molecule has 0 saturated heterocycles. The Morgan fingerprint density at radius 2 is 1.69 bits per heavy atom. The lowest BCUT2D eigenvalue weighted by molar-refractivity contribution is -0.237. The molecule has 4 saturated carbocycles. The van der Waals surface area contributed by atoms with E-state index >= 15 is 0 Å². The topological polar surface area (TPSA) is 77.8 Å². The largest absolute Gasteiger partial charge is 0.481 e. The van der Waals surface area contributed by atoms with Gasteiger partial charge in [-0.15, -0.1) is 0 Å². The molecule has 5 aliphatic carbocycles. The maximum atomic E-state index is 12.8. The van der Waals surface area contributed by atoms with E-state index in [1.807, 2.05) is 0 Å². The zero-order valence-corrected chi connectivity index (χ0v) is 23.2. The van der Waals surface area contributed by atoms with Gasteiger partial charge in [0.25, 0.3) is 0 Å². The summed E-state index contributed by atoms with van der Waals surface area (Å²) in [7, 11) is 0. The van der Waals surface area contributed by atoms with Gasteiger partial charge in [-0.3, -0.25) is 4.79 Å². The monoisotopic (exact) mass is 486 g/mol. The quantitative estimate of drug-likeness (QED) is 0.392. The number of carboxylic acids is 1. The first-order valence-electron chi connectivity index (χ1n) is 14.5. The number of aliphatic carboxylic acids is 1. The molecule has 4 fully saturated rings. The van der Waals surface area contributed by atoms with E-state index in [1.165, 1.54) is 5.57 Å². The van der Waals surface area contributed by atoms with Gasteiger partial charge >= 0.3 is 5.97 Å². The summed E-state index contributed by atoms with van der Waals surface area (Å²) in [5, 5.41) is 32.8. The molecular formula is C31H50O4. The summed E-state index contributed by atoms with van der Waals surface area (Å²) in [6.45, 7) is 16.4. The molecule has 4 nitrogen and oxygen atoms in total. The molecule has 5 aliphatic rings. The van der Waals surface area contributed by atoms with Crippen molar-refractivity contribution in [1.82, 2.24) is 0 Å². The molecular weight excluding hydrogens is 436 g/mol. The molecule has 198 valence electrons. The molecule has 0 unspecified atom stereocenters. The number of fused-ring (bicyclic) bond motifs is 7. The lowest BCUT2D eigenvalue weighted by Crippen LogP contribution is -2.67. The molecule has 12 atom stereocenters. The van der Waals surface area contributed by atoms with Gasteiger partial charge in [-0.2, -0.15) is 0 Å². The van der Waals surface area contributed by atoms with Crippen LogP contribution in [0.2, 0.25) is 0 Å². The van der Waals surface area contributed by atoms with Crippen LogP contribution >= 0.6 is 0 Å². The second-order valence-electron chi connectivity index (χ2n) is 14.7. The Balaban J connectivity index is 1.62. The Morgan fingerprint density at radius 1 is 1.00 bits per heavy atom. The number of hydrogen-bond acceptors (Lipinski definition) is 3. The highest BCUT2D eigenvalue weighted by Crippen LogP contribution is 2.76. The molecule has 35 heavy (non-hydrogen) atoms. The first-order chi connectivity index (χ1) is 16.2. The normalized spacial score (nSPS) is 57.7. The smallest absolute Gasteiger partial charge is 0.310 e. The van der Waals surface area contributed by atoms with Crippen LogP contribution in [0, 0.1) is 56.7 Å². The van der Waals surface area contributed by atoms with Crippen molar-refractivity contribution < 1.29 is 20.1 Å². The van der Waals surface area contributed by atoms with Gasteiger partial charge < -0.3 is 15.3 Å². The molecule has 0 aromatic carbocycles. The molecule has 0 spiro atoms. The summed E-state index contributed by atoms with van der Waals surface area (Å²) in [5.41, 5.74) is 0.617. The lowest BCUT2D eigenvalue weighted by Gasteiger charge is -2.72. The Labute approximate surface area is 213 Å². The van der Waals surface area contributed by atoms with Crippen LogP contribution in [0.1, 0.15) is 106 Å². The average molecular weight is 487 g/mol. The fourth-order valence-electron chi connectivity index (χ4n) is 11.3. The summed E-state index contributed by atoms with van der Waals surface area (Å²) < 4.78 is 0. The molecule has 5 rings (SSSR count). The van der Waals surface area contributed by atoms with Crippen molar-refractivity contribution in [2.45, 2.75) is 118 Å². The number of allylic oxidation sites excluding steroid dienone is 2. The molecule has 4 heteroatoms. The average Bonchev–Trinajstić information content (AvgIpc) is 2.80. The highest BCUT2D eigenvalue weighted by Gasteiger charge is 2.70. The Morgan fingerprint density at radius 3 is 2.31 bits per heavy atom. The van der Waals surface area contributed by atoms with Crippen molar-refractivity contribution in [3.05, 3.63) is 11.6 Å². The third-order valence-corrected chi connectivity index (χ3v) is 13.9. The molecule has 0 heterocycles. The molecule has 0 bridgehead atoms. The van der Waals surface area contributed by atoms with Gasteiger partial charge in [0.15, 0.2) is 0 Å². The minimum Gasteiger partial charge on any atom is -0.481 e. The number of carboxylic acid groups (broad SMARTS) is 1. The third-order valence-electron chi connectivity index (χ3n) is 13.9. The maximum absolute atomic E-state index is 12.8. The van der Waals surface area contributed by atoms with Crippen LogP contribution in [-0.2, 0) is 4.79 Å². The molecule has 3 N–H and O–H groups in total. The van der Waals surface area contributed by atoms with E-state index in [4.69, 9.17) is 0 Å². The van der Waals surface area contributed by atoms with Crippen molar-refractivity contribution in [1.29, 1.82) is 0 Å². The SMILES string of the molecule is CC[C@@]1(C)[C@@H]2CC[C@]3(C)[C@H](CC=C4[C@@H]5[C@@H](C)[C@H](C)CC[C@]5(C(=O)O)CC[C@]43C)[C@@]2(C)C[C@@H](O)[C@@H]1O. The standard InChI is InChI=1S/C31H50O4/c1-8-27(4)22-12-13-30(7)23(28(22,5)17-21(32)25(27)33)10-9-20-24-19(3)18(2)11-14-31(24,26(34)35)16-15-29(20,30)6/h9,18-19,21-25,32-33H,8,10-17H2,1-7H3,(H,34,35)/t18-,19+,21-,22+,23-,24+,25+,27+,28+,29-,30-,31+/m1/s1. The van der Waals surface area contributed by atoms with E-state index in [9.17, 15) is 20.1 Å². The van der Waals surface area contributed by atoms with Gasteiger partial charge in [0.1, 0.15) is 0 Å². The second-order valence-corrected chi connectivity index (χ2v) is 14.7. The van der Waals surface area contributed by atoms with Crippen molar-refractivity contribution in [2.24, 2.45) is 56.7 Å². The highest BCUT2D eigenvalue weighted by atomic mass is 16.4. The minimum atomic E-state index is -0.674. The predicted molar refractivity (Wildman–Crippen MR) is 139 cm³/mol. The van der Waals surface area contributed by atoms with Gasteiger partial charge in [0, 0.05) is 0 Å². The Bertz CT molecular complexity index is 927. The number of rotatable bonds is 2. The van der Waals surface area contributed by atoms with E-state index in [1.54, 1.807) is 0 Å². The van der Waals surface area contributed by atoms with Crippen LogP contribution in [0.3, 0.4) is 0 Å². The minimum absolute atomic E-state index is 0.0114. The molecule has 0 aromatic heterocycles. The number of aliphatic hydroxyl groups is 2. The summed E-state index contributed by atoms with van der Waals surface area (Å²) in [6, 6.07) is 0. The van der Waals surface area contributed by atoms with E-state index in [0.717, 1.165) is 51.4 Å². The van der Waals surface area contributed by atoms with Gasteiger partial charge in [0.2, 0.25) is 0 Å². The van der Waals surface area contributed by atoms with Crippen molar-refractivity contribution in [3.8, 4) is 0 Å². The second kappa shape index (κ2) is 7.82. The van der Waals surface area contributed by atoms with Crippen LogP contribution in [-0.4, -0.2) is 33.5 Å². The third kappa shape index (κ3) is 2.96. The number of carbonyl (C=O) groups is 1. The molecule has 0 radical (unpaired) electrons. The van der Waals surface area contributed by atoms with Crippen LogP contribution < -0.4 is 0 Å². The maximum Gasteiger partial charge on any atom is 0.310 e. The van der Waals surface area contributed by atoms with Crippen molar-refractivity contribution >= 4 is 5.97 Å². The first kappa shape index (κ1) is 25.8. The van der Waals surface area contributed by atoms with Crippen LogP contribution in [0.4, 0.5) is 0 Å². The summed E-state index contributed by atoms with van der Waals surface area (Å²) in [4.78, 5) is 12.8. The van der Waals surface area contributed by atoms with E-state index < -0.39 is 23.6 Å². The van der Waals surface area contributed by atoms with Gasteiger partial charge in [-0.05, 0) is 109 Å². The van der Waals surface area contributed by atoms with E-state index in [0.29, 0.717) is 30.1 Å². The fraction of sp³-hybridized carbons (Fsp3) is 0.903. The van der Waals surface area contributed by atoms with Gasteiger partial charge in [-0.25, -0.2) is 0 Å². The predicted octanol–water partition coefficient (Wildman–Crippen LogP) is 6.45. The Kier molecular flexibility index (Phi) is 5.76. The van der Waals surface area contributed by atoms with E-state index in [-0.39, 0.29) is 27.6 Å². The zero-order valence-electron chi connectivity index (χ0n) is 23.2. The van der Waals surface area contributed by atoms with Crippen LogP contribution in [0.5, 0.6) is 0 Å².